The van der Waals surface area contributed by atoms with Gasteiger partial charge in [0, 0.05) is 11.6 Å². The quantitative estimate of drug-likeness (QED) is 0.654. The molecule has 0 aliphatic rings. The van der Waals surface area contributed by atoms with Crippen LogP contribution in [0.4, 0.5) is 0 Å². The molecule has 2 aromatic heterocycles. The van der Waals surface area contributed by atoms with Crippen molar-refractivity contribution >= 4 is 0 Å². The molecule has 9 heteroatoms. The van der Waals surface area contributed by atoms with E-state index >= 15 is 0 Å². The van der Waals surface area contributed by atoms with Gasteiger partial charge in [0.05, 0.1) is 11.9 Å². The first-order valence-electron chi connectivity index (χ1n) is 7.18. The molecule has 9 nitrogen and oxygen atoms in total. The number of tetrazole rings is 1. The van der Waals surface area contributed by atoms with E-state index < -0.39 is 5.69 Å². The molecule has 0 unspecified atom stereocenters. The summed E-state index contributed by atoms with van der Waals surface area (Å²) in [7, 11) is 0. The summed E-state index contributed by atoms with van der Waals surface area (Å²) in [6.45, 7) is 2.27. The van der Waals surface area contributed by atoms with Crippen molar-refractivity contribution in [3.05, 3.63) is 52.1 Å². The van der Waals surface area contributed by atoms with Crippen molar-refractivity contribution in [1.82, 2.24) is 30.2 Å². The van der Waals surface area contributed by atoms with Gasteiger partial charge in [0.1, 0.15) is 6.61 Å². The van der Waals surface area contributed by atoms with Gasteiger partial charge in [0.2, 0.25) is 5.88 Å². The van der Waals surface area contributed by atoms with Crippen molar-refractivity contribution in [2.45, 2.75) is 26.4 Å². The molecule has 0 bridgehead atoms. The SMILES string of the molecule is CCCc1cccc(-n2nn[nH]c2=O)c1COc1ccn(O)n1. The van der Waals surface area contributed by atoms with E-state index in [4.69, 9.17) is 4.74 Å². The fraction of sp³-hybridized carbons (Fsp3) is 0.286. The molecule has 0 fully saturated rings. The van der Waals surface area contributed by atoms with Crippen molar-refractivity contribution < 1.29 is 9.94 Å². The second kappa shape index (κ2) is 6.34. The topological polar surface area (TPSA) is 111 Å². The minimum absolute atomic E-state index is 0.196. The molecule has 0 aliphatic carbocycles. The van der Waals surface area contributed by atoms with E-state index in [1.54, 1.807) is 12.1 Å². The largest absolute Gasteiger partial charge is 0.472 e. The number of nitrogens with one attached hydrogen (secondary N) is 1. The zero-order valence-electron chi connectivity index (χ0n) is 12.5. The lowest BCUT2D eigenvalue weighted by atomic mass is 10.0. The molecule has 2 heterocycles. The first kappa shape index (κ1) is 14.8. The number of ether oxygens (including phenoxy) is 1. The highest BCUT2D eigenvalue weighted by Gasteiger charge is 2.14. The number of nitrogens with zero attached hydrogens (tertiary/aromatic N) is 5. The number of benzene rings is 1. The van der Waals surface area contributed by atoms with Crippen LogP contribution < -0.4 is 10.4 Å². The van der Waals surface area contributed by atoms with E-state index in [0.29, 0.717) is 10.5 Å². The summed E-state index contributed by atoms with van der Waals surface area (Å²) >= 11 is 0. The number of hydrogen-bond acceptors (Lipinski definition) is 6. The van der Waals surface area contributed by atoms with E-state index in [9.17, 15) is 10.0 Å². The number of rotatable bonds is 6. The van der Waals surface area contributed by atoms with Crippen molar-refractivity contribution in [3.63, 3.8) is 0 Å². The third-order valence-electron chi connectivity index (χ3n) is 3.38. The van der Waals surface area contributed by atoms with Crippen LogP contribution in [0.3, 0.4) is 0 Å². The Morgan fingerprint density at radius 2 is 2.22 bits per heavy atom. The van der Waals surface area contributed by atoms with E-state index in [1.165, 1.54) is 10.9 Å². The summed E-state index contributed by atoms with van der Waals surface area (Å²) in [5.74, 6) is 0.289. The molecule has 3 aromatic rings. The highest BCUT2D eigenvalue weighted by molar-refractivity contribution is 5.45. The van der Waals surface area contributed by atoms with Crippen LogP contribution in [0.5, 0.6) is 5.88 Å². The number of aromatic amines is 1. The van der Waals surface area contributed by atoms with Crippen LogP contribution in [0.1, 0.15) is 24.5 Å². The van der Waals surface area contributed by atoms with Crippen molar-refractivity contribution in [1.29, 1.82) is 0 Å². The van der Waals surface area contributed by atoms with Gasteiger partial charge in [0.25, 0.3) is 0 Å². The zero-order valence-corrected chi connectivity index (χ0v) is 12.5. The lowest BCUT2D eigenvalue weighted by molar-refractivity contribution is 0.141. The first-order valence-corrected chi connectivity index (χ1v) is 7.18. The molecular weight excluding hydrogens is 300 g/mol. The number of H-pyrrole nitrogens is 1. The van der Waals surface area contributed by atoms with Gasteiger partial charge in [-0.15, -0.1) is 4.85 Å². The average molecular weight is 316 g/mol. The number of aromatic nitrogens is 6. The molecule has 0 amide bonds. The predicted molar refractivity (Wildman–Crippen MR) is 79.7 cm³/mol. The Hall–Kier alpha value is -3.10. The fourth-order valence-electron chi connectivity index (χ4n) is 2.37. The van der Waals surface area contributed by atoms with Gasteiger partial charge in [-0.3, -0.25) is 0 Å². The smallest absolute Gasteiger partial charge is 0.365 e. The van der Waals surface area contributed by atoms with E-state index in [-0.39, 0.29) is 12.5 Å². The van der Waals surface area contributed by atoms with Gasteiger partial charge in [-0.05, 0) is 28.5 Å². The maximum Gasteiger partial charge on any atom is 0.365 e. The molecule has 120 valence electrons. The van der Waals surface area contributed by atoms with E-state index in [0.717, 1.165) is 24.0 Å². The third-order valence-corrected chi connectivity index (χ3v) is 3.38. The Balaban J connectivity index is 1.97. The van der Waals surface area contributed by atoms with Gasteiger partial charge in [-0.25, -0.2) is 9.89 Å². The molecule has 0 radical (unpaired) electrons. The molecule has 3 rings (SSSR count). The maximum atomic E-state index is 11.8. The molecule has 0 saturated carbocycles. The lowest BCUT2D eigenvalue weighted by Gasteiger charge is -2.13. The van der Waals surface area contributed by atoms with Crippen LogP contribution >= 0.6 is 0 Å². The van der Waals surface area contributed by atoms with Crippen molar-refractivity contribution in [2.75, 3.05) is 0 Å². The summed E-state index contributed by atoms with van der Waals surface area (Å²) in [5, 5.41) is 22.5. The molecule has 0 aliphatic heterocycles. The van der Waals surface area contributed by atoms with Crippen LogP contribution in [0.2, 0.25) is 0 Å². The number of aryl methyl sites for hydroxylation is 1. The van der Waals surface area contributed by atoms with Crippen LogP contribution in [0, 0.1) is 0 Å². The summed E-state index contributed by atoms with van der Waals surface area (Å²) in [6, 6.07) is 7.19. The third kappa shape index (κ3) is 3.07. The summed E-state index contributed by atoms with van der Waals surface area (Å²) < 4.78 is 6.81. The normalized spacial score (nSPS) is 10.8. The highest BCUT2D eigenvalue weighted by Crippen LogP contribution is 2.21. The summed E-state index contributed by atoms with van der Waals surface area (Å²) in [6.07, 6.45) is 3.17. The lowest BCUT2D eigenvalue weighted by Crippen LogP contribution is -2.19. The molecule has 1 aromatic carbocycles. The van der Waals surface area contributed by atoms with E-state index in [2.05, 4.69) is 27.5 Å². The van der Waals surface area contributed by atoms with Crippen molar-refractivity contribution in [2.24, 2.45) is 0 Å². The van der Waals surface area contributed by atoms with Crippen LogP contribution in [-0.2, 0) is 13.0 Å². The van der Waals surface area contributed by atoms with Gasteiger partial charge in [-0.1, -0.05) is 30.6 Å². The second-order valence-electron chi connectivity index (χ2n) is 4.95. The minimum atomic E-state index is -0.417. The predicted octanol–water partition coefficient (Wildman–Crippen LogP) is 0.921. The van der Waals surface area contributed by atoms with Crippen molar-refractivity contribution in [3.8, 4) is 11.6 Å². The Kier molecular flexibility index (Phi) is 4.09. The Labute approximate surface area is 131 Å². The Morgan fingerprint density at radius 1 is 1.35 bits per heavy atom. The summed E-state index contributed by atoms with van der Waals surface area (Å²) in [4.78, 5) is 12.5. The van der Waals surface area contributed by atoms with Crippen LogP contribution in [0.25, 0.3) is 5.69 Å². The fourth-order valence-corrected chi connectivity index (χ4v) is 2.37. The molecule has 23 heavy (non-hydrogen) atoms. The highest BCUT2D eigenvalue weighted by atomic mass is 16.5. The molecule has 0 atom stereocenters. The summed E-state index contributed by atoms with van der Waals surface area (Å²) in [5.41, 5.74) is 2.08. The second-order valence-corrected chi connectivity index (χ2v) is 4.95. The Bertz CT molecular complexity index is 850. The minimum Gasteiger partial charge on any atom is -0.472 e. The standard InChI is InChI=1S/C14H16N6O3/c1-2-4-10-5-3-6-12(20-14(21)15-17-18-20)11(10)9-23-13-7-8-19(22)16-13/h3,5-8,22H,2,4,9H2,1H3,(H,15,18,21). The van der Waals surface area contributed by atoms with E-state index in [1.807, 2.05) is 12.1 Å². The molecule has 0 saturated heterocycles. The molecule has 2 N–H and O–H groups in total. The van der Waals surface area contributed by atoms with Gasteiger partial charge < -0.3 is 9.94 Å². The maximum absolute atomic E-state index is 11.8. The van der Waals surface area contributed by atoms with Gasteiger partial charge in [0.15, 0.2) is 0 Å². The monoisotopic (exact) mass is 316 g/mol. The average Bonchev–Trinajstić information content (AvgIpc) is 3.14. The van der Waals surface area contributed by atoms with Gasteiger partial charge in [-0.2, -0.15) is 4.68 Å². The van der Waals surface area contributed by atoms with Gasteiger partial charge >= 0.3 is 5.69 Å². The Morgan fingerprint density at radius 3 is 2.87 bits per heavy atom. The van der Waals surface area contributed by atoms with Crippen LogP contribution in [0.15, 0.2) is 35.3 Å². The first-order chi connectivity index (χ1) is 11.2. The molecule has 0 spiro atoms. The zero-order chi connectivity index (χ0) is 16.2. The van der Waals surface area contributed by atoms with Crippen LogP contribution in [-0.4, -0.2) is 35.4 Å². The molecular formula is C14H16N6O3. The number of hydrogen-bond donors (Lipinski definition) is 2.